The molecule has 0 aliphatic carbocycles. The Morgan fingerprint density at radius 1 is 1.27 bits per heavy atom. The van der Waals surface area contributed by atoms with Crippen molar-refractivity contribution in [2.75, 3.05) is 19.8 Å². The van der Waals surface area contributed by atoms with Gasteiger partial charge in [0.15, 0.2) is 6.61 Å². The molecule has 3 rings (SSSR count). The maximum Gasteiger partial charge on any atom is 0.258 e. The van der Waals surface area contributed by atoms with E-state index in [4.69, 9.17) is 21.1 Å². The van der Waals surface area contributed by atoms with Crippen LogP contribution < -0.4 is 14.8 Å². The van der Waals surface area contributed by atoms with Crippen LogP contribution in [0.1, 0.15) is 31.4 Å². The molecule has 0 unspecified atom stereocenters. The van der Waals surface area contributed by atoms with Crippen molar-refractivity contribution in [1.82, 2.24) is 10.0 Å². The molecule has 2 N–H and O–H groups in total. The molecule has 1 aliphatic heterocycles. The molecular formula is C21H25ClN2O5S. The Labute approximate surface area is 181 Å². The molecule has 162 valence electrons. The molecule has 0 bridgehead atoms. The van der Waals surface area contributed by atoms with Crippen LogP contribution in [0, 0.1) is 0 Å². The number of hydrogen-bond acceptors (Lipinski definition) is 5. The van der Waals surface area contributed by atoms with Crippen LogP contribution in [0.5, 0.6) is 5.75 Å². The molecule has 0 spiro atoms. The number of benzene rings is 2. The van der Waals surface area contributed by atoms with Crippen molar-refractivity contribution >= 4 is 27.5 Å². The van der Waals surface area contributed by atoms with Crippen LogP contribution in [-0.2, 0) is 19.6 Å². The van der Waals surface area contributed by atoms with Gasteiger partial charge in [-0.05, 0) is 43.5 Å². The molecule has 1 saturated heterocycles. The van der Waals surface area contributed by atoms with Crippen LogP contribution >= 0.6 is 11.6 Å². The highest BCUT2D eigenvalue weighted by Gasteiger charge is 2.20. The molecule has 2 atom stereocenters. The normalized spacial score (nSPS) is 17.5. The number of sulfonamides is 1. The molecule has 2 aromatic rings. The lowest BCUT2D eigenvalue weighted by Gasteiger charge is -2.15. The lowest BCUT2D eigenvalue weighted by atomic mass is 10.1. The van der Waals surface area contributed by atoms with Gasteiger partial charge < -0.3 is 14.8 Å². The Bertz CT molecular complexity index is 963. The summed E-state index contributed by atoms with van der Waals surface area (Å²) in [6, 6.07) is 13.0. The van der Waals surface area contributed by atoms with E-state index in [-0.39, 0.29) is 34.3 Å². The smallest absolute Gasteiger partial charge is 0.258 e. The second kappa shape index (κ2) is 10.3. The van der Waals surface area contributed by atoms with Crippen molar-refractivity contribution in [2.45, 2.75) is 36.8 Å². The second-order valence-electron chi connectivity index (χ2n) is 7.07. The minimum absolute atomic E-state index is 0.0189. The Kier molecular flexibility index (Phi) is 7.71. The van der Waals surface area contributed by atoms with Crippen molar-refractivity contribution in [3.05, 3.63) is 59.1 Å². The quantitative estimate of drug-likeness (QED) is 0.609. The Morgan fingerprint density at radius 3 is 2.70 bits per heavy atom. The number of carbonyl (C=O) groups is 1. The first-order valence-electron chi connectivity index (χ1n) is 9.73. The molecule has 1 amide bonds. The zero-order valence-electron chi connectivity index (χ0n) is 16.6. The zero-order chi connectivity index (χ0) is 21.6. The van der Waals surface area contributed by atoms with Crippen molar-refractivity contribution < 1.29 is 22.7 Å². The summed E-state index contributed by atoms with van der Waals surface area (Å²) < 4.78 is 38.8. The van der Waals surface area contributed by atoms with Crippen LogP contribution in [-0.4, -0.2) is 40.2 Å². The molecule has 7 nitrogen and oxygen atoms in total. The third kappa shape index (κ3) is 6.18. The van der Waals surface area contributed by atoms with Crippen molar-refractivity contribution in [3.8, 4) is 5.75 Å². The first kappa shape index (κ1) is 22.6. The summed E-state index contributed by atoms with van der Waals surface area (Å²) in [6.07, 6.45) is 1.98. The highest BCUT2D eigenvalue weighted by molar-refractivity contribution is 7.89. The Morgan fingerprint density at radius 2 is 2.03 bits per heavy atom. The van der Waals surface area contributed by atoms with E-state index in [2.05, 4.69) is 10.0 Å². The predicted octanol–water partition coefficient (Wildman–Crippen LogP) is 3.05. The van der Waals surface area contributed by atoms with Crippen LogP contribution in [0.4, 0.5) is 0 Å². The number of ether oxygens (including phenoxy) is 2. The molecule has 2 aromatic carbocycles. The highest BCUT2D eigenvalue weighted by atomic mass is 35.5. The molecule has 0 saturated carbocycles. The van der Waals surface area contributed by atoms with Gasteiger partial charge in [0, 0.05) is 19.2 Å². The standard InChI is InChI=1S/C21H25ClN2O5S/c1-15(16-6-3-2-4-7-16)24-30(26,27)18-9-10-20(19(22)12-18)29-14-21(25)23-13-17-8-5-11-28-17/h2-4,6-7,9-10,12,15,17,24H,5,8,11,13-14H2,1H3,(H,23,25)/t15-,17-/m0/s1. The fourth-order valence-corrected chi connectivity index (χ4v) is 4.66. The van der Waals surface area contributed by atoms with Gasteiger partial charge in [0.2, 0.25) is 10.0 Å². The number of carbonyl (C=O) groups excluding carboxylic acids is 1. The summed E-state index contributed by atoms with van der Waals surface area (Å²) >= 11 is 6.18. The average Bonchev–Trinajstić information content (AvgIpc) is 3.25. The number of halogens is 1. The zero-order valence-corrected chi connectivity index (χ0v) is 18.2. The summed E-state index contributed by atoms with van der Waals surface area (Å²) in [5.41, 5.74) is 0.848. The molecule has 1 fully saturated rings. The van der Waals surface area contributed by atoms with E-state index in [1.165, 1.54) is 18.2 Å². The van der Waals surface area contributed by atoms with Gasteiger partial charge in [-0.3, -0.25) is 4.79 Å². The molecular weight excluding hydrogens is 428 g/mol. The van der Waals surface area contributed by atoms with Crippen LogP contribution in [0.15, 0.2) is 53.4 Å². The van der Waals surface area contributed by atoms with Crippen molar-refractivity contribution in [2.24, 2.45) is 0 Å². The molecule has 0 radical (unpaired) electrons. The minimum atomic E-state index is -3.78. The summed E-state index contributed by atoms with van der Waals surface area (Å²) in [5, 5.41) is 2.86. The molecule has 30 heavy (non-hydrogen) atoms. The fraction of sp³-hybridized carbons (Fsp3) is 0.381. The molecule has 1 aliphatic rings. The van der Waals surface area contributed by atoms with Gasteiger partial charge in [0.1, 0.15) is 5.75 Å². The number of amides is 1. The van der Waals surface area contributed by atoms with E-state index in [1.54, 1.807) is 6.92 Å². The molecule has 1 heterocycles. The maximum absolute atomic E-state index is 12.7. The highest BCUT2D eigenvalue weighted by Crippen LogP contribution is 2.28. The Balaban J connectivity index is 1.56. The van der Waals surface area contributed by atoms with Crippen LogP contribution in [0.3, 0.4) is 0 Å². The third-order valence-corrected chi connectivity index (χ3v) is 6.59. The largest absolute Gasteiger partial charge is 0.482 e. The lowest BCUT2D eigenvalue weighted by molar-refractivity contribution is -0.123. The molecule has 9 heteroatoms. The van der Waals surface area contributed by atoms with Gasteiger partial charge in [-0.15, -0.1) is 0 Å². The van der Waals surface area contributed by atoms with Gasteiger partial charge in [-0.25, -0.2) is 13.1 Å². The monoisotopic (exact) mass is 452 g/mol. The maximum atomic E-state index is 12.7. The topological polar surface area (TPSA) is 93.7 Å². The predicted molar refractivity (Wildman–Crippen MR) is 114 cm³/mol. The van der Waals surface area contributed by atoms with Crippen molar-refractivity contribution in [1.29, 1.82) is 0 Å². The van der Waals surface area contributed by atoms with E-state index < -0.39 is 16.1 Å². The van der Waals surface area contributed by atoms with Gasteiger partial charge in [0.25, 0.3) is 5.91 Å². The molecule has 0 aromatic heterocycles. The average molecular weight is 453 g/mol. The third-order valence-electron chi connectivity index (χ3n) is 4.75. The first-order chi connectivity index (χ1) is 14.3. The summed E-state index contributed by atoms with van der Waals surface area (Å²) in [7, 11) is -3.78. The second-order valence-corrected chi connectivity index (χ2v) is 9.19. The van der Waals surface area contributed by atoms with Gasteiger partial charge in [0.05, 0.1) is 16.0 Å². The summed E-state index contributed by atoms with van der Waals surface area (Å²) in [6.45, 7) is 2.71. The van der Waals surface area contributed by atoms with E-state index in [9.17, 15) is 13.2 Å². The first-order valence-corrected chi connectivity index (χ1v) is 11.6. The SMILES string of the molecule is C[C@H](NS(=O)(=O)c1ccc(OCC(=O)NC[C@@H]2CCCO2)c(Cl)c1)c1ccccc1. The summed E-state index contributed by atoms with van der Waals surface area (Å²) in [4.78, 5) is 11.9. The number of rotatable bonds is 9. The Hall–Kier alpha value is -2.13. The van der Waals surface area contributed by atoms with Gasteiger partial charge in [-0.1, -0.05) is 41.9 Å². The van der Waals surface area contributed by atoms with E-state index in [1.807, 2.05) is 30.3 Å². The van der Waals surface area contributed by atoms with Gasteiger partial charge in [-0.2, -0.15) is 0 Å². The van der Waals surface area contributed by atoms with Crippen molar-refractivity contribution in [3.63, 3.8) is 0 Å². The minimum Gasteiger partial charge on any atom is -0.482 e. The van der Waals surface area contributed by atoms with E-state index in [0.29, 0.717) is 6.54 Å². The van der Waals surface area contributed by atoms with E-state index in [0.717, 1.165) is 25.0 Å². The van der Waals surface area contributed by atoms with Crippen LogP contribution in [0.25, 0.3) is 0 Å². The lowest BCUT2D eigenvalue weighted by Crippen LogP contribution is -2.35. The number of nitrogens with one attached hydrogen (secondary N) is 2. The fourth-order valence-electron chi connectivity index (χ4n) is 3.10. The summed E-state index contributed by atoms with van der Waals surface area (Å²) in [5.74, 6) is -0.0596. The van der Waals surface area contributed by atoms with E-state index >= 15 is 0 Å². The van der Waals surface area contributed by atoms with Crippen LogP contribution in [0.2, 0.25) is 5.02 Å². The van der Waals surface area contributed by atoms with Gasteiger partial charge >= 0.3 is 0 Å². The number of hydrogen-bond donors (Lipinski definition) is 2.